The number of hydrogen-bond donors (Lipinski definition) is 2. The van der Waals surface area contributed by atoms with Gasteiger partial charge in [-0.25, -0.2) is 0 Å². The SMILES string of the molecule is COc1c(O)ccc(/C=N/O)c1Cl. The third-order valence-corrected chi connectivity index (χ3v) is 1.90. The summed E-state index contributed by atoms with van der Waals surface area (Å²) in [6.45, 7) is 0. The summed E-state index contributed by atoms with van der Waals surface area (Å²) in [4.78, 5) is 0. The quantitative estimate of drug-likeness (QED) is 0.436. The molecular weight excluding hydrogens is 194 g/mol. The molecule has 1 aromatic carbocycles. The Kier molecular flexibility index (Phi) is 2.97. The van der Waals surface area contributed by atoms with Crippen LogP contribution < -0.4 is 4.74 Å². The van der Waals surface area contributed by atoms with Crippen molar-refractivity contribution < 1.29 is 15.1 Å². The van der Waals surface area contributed by atoms with Crippen LogP contribution in [0.1, 0.15) is 5.56 Å². The molecule has 5 heteroatoms. The Hall–Kier alpha value is -1.42. The molecule has 0 aliphatic heterocycles. The van der Waals surface area contributed by atoms with Gasteiger partial charge in [-0.1, -0.05) is 16.8 Å². The Morgan fingerprint density at radius 2 is 2.23 bits per heavy atom. The molecule has 13 heavy (non-hydrogen) atoms. The number of halogens is 1. The number of methoxy groups -OCH3 is 1. The molecule has 0 amide bonds. The molecule has 0 fully saturated rings. The lowest BCUT2D eigenvalue weighted by Crippen LogP contribution is -1.90. The number of phenolic OH excluding ortho intramolecular Hbond substituents is 1. The van der Waals surface area contributed by atoms with Crippen molar-refractivity contribution in [3.63, 3.8) is 0 Å². The molecule has 70 valence electrons. The number of rotatable bonds is 2. The zero-order valence-corrected chi connectivity index (χ0v) is 7.62. The summed E-state index contributed by atoms with van der Waals surface area (Å²) in [5.41, 5.74) is 0.471. The molecule has 0 heterocycles. The lowest BCUT2D eigenvalue weighted by Gasteiger charge is -2.06. The highest BCUT2D eigenvalue weighted by Gasteiger charge is 2.09. The van der Waals surface area contributed by atoms with Crippen LogP contribution in [0.25, 0.3) is 0 Å². The van der Waals surface area contributed by atoms with Crippen molar-refractivity contribution in [2.24, 2.45) is 5.16 Å². The predicted molar refractivity (Wildman–Crippen MR) is 49.0 cm³/mol. The molecule has 0 saturated heterocycles. The van der Waals surface area contributed by atoms with Crippen LogP contribution in [-0.4, -0.2) is 23.6 Å². The van der Waals surface area contributed by atoms with Gasteiger partial charge in [-0.05, 0) is 12.1 Å². The average molecular weight is 202 g/mol. The fraction of sp³-hybridized carbons (Fsp3) is 0.125. The summed E-state index contributed by atoms with van der Waals surface area (Å²) in [7, 11) is 1.39. The van der Waals surface area contributed by atoms with Crippen molar-refractivity contribution >= 4 is 17.8 Å². The fourth-order valence-corrected chi connectivity index (χ4v) is 1.20. The van der Waals surface area contributed by atoms with Crippen molar-refractivity contribution in [2.75, 3.05) is 7.11 Å². The van der Waals surface area contributed by atoms with Crippen LogP contribution in [0.2, 0.25) is 5.02 Å². The van der Waals surface area contributed by atoms with Crippen LogP contribution in [0, 0.1) is 0 Å². The van der Waals surface area contributed by atoms with Gasteiger partial charge in [0.1, 0.15) is 0 Å². The van der Waals surface area contributed by atoms with Crippen LogP contribution in [0.4, 0.5) is 0 Å². The van der Waals surface area contributed by atoms with Crippen molar-refractivity contribution in [2.45, 2.75) is 0 Å². The maximum Gasteiger partial charge on any atom is 0.179 e. The van der Waals surface area contributed by atoms with Gasteiger partial charge in [0.25, 0.3) is 0 Å². The highest BCUT2D eigenvalue weighted by molar-refractivity contribution is 6.34. The molecule has 0 unspecified atom stereocenters. The van der Waals surface area contributed by atoms with Crippen LogP contribution in [0.3, 0.4) is 0 Å². The molecular formula is C8H8ClNO3. The minimum atomic E-state index is -0.0532. The van der Waals surface area contributed by atoms with Gasteiger partial charge in [0.05, 0.1) is 18.3 Å². The van der Waals surface area contributed by atoms with Gasteiger partial charge in [0.2, 0.25) is 0 Å². The molecule has 0 aromatic heterocycles. The molecule has 4 nitrogen and oxygen atoms in total. The number of aromatic hydroxyl groups is 1. The molecule has 1 rings (SSSR count). The summed E-state index contributed by atoms with van der Waals surface area (Å²) in [6.07, 6.45) is 1.16. The Labute approximate surface area is 80.0 Å². The van der Waals surface area contributed by atoms with E-state index in [9.17, 15) is 5.11 Å². The Balaban J connectivity index is 3.27. The van der Waals surface area contributed by atoms with E-state index in [1.54, 1.807) is 0 Å². The second kappa shape index (κ2) is 4.00. The third-order valence-electron chi connectivity index (χ3n) is 1.51. The molecule has 2 N–H and O–H groups in total. The molecule has 0 spiro atoms. The second-order valence-corrected chi connectivity index (χ2v) is 2.64. The van der Waals surface area contributed by atoms with Gasteiger partial charge in [-0.15, -0.1) is 0 Å². The van der Waals surface area contributed by atoms with Gasteiger partial charge in [0.15, 0.2) is 11.5 Å². The van der Waals surface area contributed by atoms with E-state index in [1.807, 2.05) is 0 Å². The summed E-state index contributed by atoms with van der Waals surface area (Å²) in [5, 5.41) is 20.6. The van der Waals surface area contributed by atoms with Crippen LogP contribution >= 0.6 is 11.6 Å². The standard InChI is InChI=1S/C8H8ClNO3/c1-13-8-6(11)3-2-5(4-10-12)7(8)9/h2-4,11-12H,1H3/b10-4+. The lowest BCUT2D eigenvalue weighted by atomic mass is 10.2. The highest BCUT2D eigenvalue weighted by atomic mass is 35.5. The lowest BCUT2D eigenvalue weighted by molar-refractivity contribution is 0.322. The van der Waals surface area contributed by atoms with Crippen LogP contribution in [0.5, 0.6) is 11.5 Å². The average Bonchev–Trinajstić information content (AvgIpc) is 2.11. The van der Waals surface area contributed by atoms with E-state index in [4.69, 9.17) is 21.5 Å². The van der Waals surface area contributed by atoms with Gasteiger partial charge >= 0.3 is 0 Å². The Bertz CT molecular complexity index is 338. The topological polar surface area (TPSA) is 62.0 Å². The minimum Gasteiger partial charge on any atom is -0.504 e. The maximum absolute atomic E-state index is 9.27. The molecule has 1 aromatic rings. The molecule has 0 bridgehead atoms. The number of benzene rings is 1. The largest absolute Gasteiger partial charge is 0.504 e. The summed E-state index contributed by atoms with van der Waals surface area (Å²) < 4.78 is 4.84. The number of oxime groups is 1. The fourth-order valence-electron chi connectivity index (χ4n) is 0.917. The zero-order valence-electron chi connectivity index (χ0n) is 6.86. The van der Waals surface area contributed by atoms with Gasteiger partial charge in [-0.3, -0.25) is 0 Å². The predicted octanol–water partition coefficient (Wildman–Crippen LogP) is 1.86. The number of ether oxygens (including phenoxy) is 1. The second-order valence-electron chi connectivity index (χ2n) is 2.27. The molecule has 0 aliphatic rings. The van der Waals surface area contributed by atoms with Gasteiger partial charge < -0.3 is 15.1 Å². The monoisotopic (exact) mass is 201 g/mol. The summed E-state index contributed by atoms with van der Waals surface area (Å²) in [6, 6.07) is 2.92. The van der Waals surface area contributed by atoms with Crippen LogP contribution in [-0.2, 0) is 0 Å². The normalized spacial score (nSPS) is 10.6. The number of hydrogen-bond acceptors (Lipinski definition) is 4. The summed E-state index contributed by atoms with van der Waals surface area (Å²) in [5.74, 6) is 0.113. The van der Waals surface area contributed by atoms with E-state index in [1.165, 1.54) is 19.2 Å². The summed E-state index contributed by atoms with van der Waals surface area (Å²) >= 11 is 5.81. The first-order chi connectivity index (χ1) is 6.20. The smallest absolute Gasteiger partial charge is 0.179 e. The highest BCUT2D eigenvalue weighted by Crippen LogP contribution is 2.35. The molecule has 0 radical (unpaired) electrons. The van der Waals surface area contributed by atoms with E-state index in [0.717, 1.165) is 6.21 Å². The van der Waals surface area contributed by atoms with E-state index in [-0.39, 0.29) is 16.5 Å². The van der Waals surface area contributed by atoms with E-state index in [2.05, 4.69) is 5.16 Å². The van der Waals surface area contributed by atoms with Crippen LogP contribution in [0.15, 0.2) is 17.3 Å². The zero-order chi connectivity index (χ0) is 9.84. The number of phenols is 1. The van der Waals surface area contributed by atoms with Gasteiger partial charge in [0, 0.05) is 5.56 Å². The van der Waals surface area contributed by atoms with E-state index >= 15 is 0 Å². The third kappa shape index (κ3) is 1.84. The first kappa shape index (κ1) is 9.67. The number of nitrogens with zero attached hydrogens (tertiary/aromatic N) is 1. The minimum absolute atomic E-state index is 0.0532. The first-order valence-electron chi connectivity index (χ1n) is 3.43. The van der Waals surface area contributed by atoms with E-state index < -0.39 is 0 Å². The van der Waals surface area contributed by atoms with Crippen molar-refractivity contribution in [1.29, 1.82) is 0 Å². The Morgan fingerprint density at radius 1 is 1.54 bits per heavy atom. The molecule has 0 atom stereocenters. The Morgan fingerprint density at radius 3 is 2.77 bits per heavy atom. The van der Waals surface area contributed by atoms with Crippen molar-refractivity contribution in [1.82, 2.24) is 0 Å². The molecule has 0 saturated carbocycles. The first-order valence-corrected chi connectivity index (χ1v) is 3.81. The van der Waals surface area contributed by atoms with Gasteiger partial charge in [-0.2, -0.15) is 0 Å². The van der Waals surface area contributed by atoms with E-state index in [0.29, 0.717) is 5.56 Å². The maximum atomic E-state index is 9.27. The molecule has 0 aliphatic carbocycles. The van der Waals surface area contributed by atoms with Crippen molar-refractivity contribution in [3.05, 3.63) is 22.7 Å². The van der Waals surface area contributed by atoms with Crippen molar-refractivity contribution in [3.8, 4) is 11.5 Å².